The van der Waals surface area contributed by atoms with E-state index >= 15 is 0 Å². The molecule has 0 saturated carbocycles. The Morgan fingerprint density at radius 3 is 2.40 bits per heavy atom. The third-order valence-corrected chi connectivity index (χ3v) is 3.84. The number of para-hydroxylation sites is 1. The zero-order chi connectivity index (χ0) is 14.4. The Kier molecular flexibility index (Phi) is 5.24. The number of hydrogen-bond donors (Lipinski definition) is 0. The van der Waals surface area contributed by atoms with Crippen LogP contribution >= 0.6 is 11.8 Å². The van der Waals surface area contributed by atoms with Crippen molar-refractivity contribution in [3.8, 4) is 5.75 Å². The summed E-state index contributed by atoms with van der Waals surface area (Å²) >= 11 is 1.56. The summed E-state index contributed by atoms with van der Waals surface area (Å²) in [6.45, 7) is 4.93. The predicted octanol–water partition coefficient (Wildman–Crippen LogP) is 4.69. The van der Waals surface area contributed by atoms with Gasteiger partial charge in [-0.3, -0.25) is 4.79 Å². The van der Waals surface area contributed by atoms with Crippen molar-refractivity contribution in [2.75, 3.05) is 6.61 Å². The molecule has 104 valence electrons. The molecule has 0 fully saturated rings. The SMILES string of the molecule is CC(C)COc1ccccc1Sc1ccccc1C=O. The first-order chi connectivity index (χ1) is 9.70. The van der Waals surface area contributed by atoms with Gasteiger partial charge in [-0.15, -0.1) is 0 Å². The molecule has 0 amide bonds. The molecule has 0 heterocycles. The number of benzene rings is 2. The lowest BCUT2D eigenvalue weighted by molar-refractivity contribution is 0.112. The molecule has 0 radical (unpaired) electrons. The maximum absolute atomic E-state index is 11.1. The van der Waals surface area contributed by atoms with Gasteiger partial charge in [0.25, 0.3) is 0 Å². The Morgan fingerprint density at radius 2 is 1.70 bits per heavy atom. The second kappa shape index (κ2) is 7.15. The van der Waals surface area contributed by atoms with Crippen molar-refractivity contribution in [2.24, 2.45) is 5.92 Å². The normalized spacial score (nSPS) is 10.6. The maximum Gasteiger partial charge on any atom is 0.151 e. The minimum Gasteiger partial charge on any atom is -0.492 e. The summed E-state index contributed by atoms with van der Waals surface area (Å²) in [5.41, 5.74) is 0.705. The molecule has 0 N–H and O–H groups in total. The van der Waals surface area contributed by atoms with Crippen molar-refractivity contribution in [3.05, 3.63) is 54.1 Å². The van der Waals surface area contributed by atoms with Crippen LogP contribution in [0.3, 0.4) is 0 Å². The van der Waals surface area contributed by atoms with Crippen LogP contribution in [0, 0.1) is 5.92 Å². The van der Waals surface area contributed by atoms with E-state index in [4.69, 9.17) is 4.74 Å². The highest BCUT2D eigenvalue weighted by Gasteiger charge is 2.08. The summed E-state index contributed by atoms with van der Waals surface area (Å²) in [4.78, 5) is 13.1. The third-order valence-electron chi connectivity index (χ3n) is 2.69. The van der Waals surface area contributed by atoms with Crippen LogP contribution in [0.15, 0.2) is 58.3 Å². The van der Waals surface area contributed by atoms with Gasteiger partial charge >= 0.3 is 0 Å². The van der Waals surface area contributed by atoms with Gasteiger partial charge in [-0.25, -0.2) is 0 Å². The van der Waals surface area contributed by atoms with Gasteiger partial charge in [0.1, 0.15) is 5.75 Å². The fourth-order valence-electron chi connectivity index (χ4n) is 1.70. The van der Waals surface area contributed by atoms with Gasteiger partial charge in [0.05, 0.1) is 11.5 Å². The van der Waals surface area contributed by atoms with E-state index in [0.29, 0.717) is 18.1 Å². The molecule has 0 aliphatic carbocycles. The number of carbonyl (C=O) groups excluding carboxylic acids is 1. The largest absolute Gasteiger partial charge is 0.492 e. The average molecular weight is 286 g/mol. The molecule has 3 heteroatoms. The van der Waals surface area contributed by atoms with Gasteiger partial charge in [0, 0.05) is 10.5 Å². The minimum absolute atomic E-state index is 0.482. The van der Waals surface area contributed by atoms with Gasteiger partial charge < -0.3 is 4.74 Å². The summed E-state index contributed by atoms with van der Waals surface area (Å²) in [5, 5.41) is 0. The van der Waals surface area contributed by atoms with Gasteiger partial charge in [-0.2, -0.15) is 0 Å². The summed E-state index contributed by atoms with van der Waals surface area (Å²) in [7, 11) is 0. The molecule has 0 bridgehead atoms. The molecule has 0 saturated heterocycles. The zero-order valence-electron chi connectivity index (χ0n) is 11.7. The molecule has 20 heavy (non-hydrogen) atoms. The van der Waals surface area contributed by atoms with E-state index in [-0.39, 0.29) is 0 Å². The molecule has 0 unspecified atom stereocenters. The standard InChI is InChI=1S/C17H18O2S/c1-13(2)12-19-15-8-4-6-10-17(15)20-16-9-5-3-7-14(16)11-18/h3-11,13H,12H2,1-2H3. The maximum atomic E-state index is 11.1. The van der Waals surface area contributed by atoms with Crippen LogP contribution in [0.4, 0.5) is 0 Å². The van der Waals surface area contributed by atoms with E-state index in [1.807, 2.05) is 48.5 Å². The summed E-state index contributed by atoms with van der Waals surface area (Å²) in [6.07, 6.45) is 0.889. The van der Waals surface area contributed by atoms with Crippen LogP contribution < -0.4 is 4.74 Å². The highest BCUT2D eigenvalue weighted by molar-refractivity contribution is 7.99. The molecule has 2 aromatic carbocycles. The Balaban J connectivity index is 2.22. The van der Waals surface area contributed by atoms with Crippen molar-refractivity contribution >= 4 is 18.0 Å². The van der Waals surface area contributed by atoms with E-state index < -0.39 is 0 Å². The molecular formula is C17H18O2S. The molecular weight excluding hydrogens is 268 g/mol. The van der Waals surface area contributed by atoms with Crippen molar-refractivity contribution < 1.29 is 9.53 Å². The Hall–Kier alpha value is -1.74. The first-order valence-electron chi connectivity index (χ1n) is 6.64. The molecule has 0 aliphatic rings. The van der Waals surface area contributed by atoms with E-state index in [1.165, 1.54) is 0 Å². The number of aldehydes is 1. The van der Waals surface area contributed by atoms with Crippen LogP contribution in [0.1, 0.15) is 24.2 Å². The predicted molar refractivity (Wildman–Crippen MR) is 82.7 cm³/mol. The highest BCUT2D eigenvalue weighted by atomic mass is 32.2. The summed E-state index contributed by atoms with van der Waals surface area (Å²) in [5.74, 6) is 1.35. The number of ether oxygens (including phenoxy) is 1. The Labute approximate surface area is 124 Å². The number of carbonyl (C=O) groups is 1. The van der Waals surface area contributed by atoms with Crippen LogP contribution in [0.2, 0.25) is 0 Å². The van der Waals surface area contributed by atoms with Gasteiger partial charge in [0.2, 0.25) is 0 Å². The second-order valence-electron chi connectivity index (χ2n) is 4.91. The van der Waals surface area contributed by atoms with Gasteiger partial charge in [0.15, 0.2) is 6.29 Å². The molecule has 0 spiro atoms. The van der Waals surface area contributed by atoms with Crippen molar-refractivity contribution in [3.63, 3.8) is 0 Å². The van der Waals surface area contributed by atoms with Crippen LogP contribution in [-0.2, 0) is 0 Å². The minimum atomic E-state index is 0.482. The van der Waals surface area contributed by atoms with Crippen LogP contribution in [-0.4, -0.2) is 12.9 Å². The van der Waals surface area contributed by atoms with Gasteiger partial charge in [-0.1, -0.05) is 55.9 Å². The third kappa shape index (κ3) is 3.87. The second-order valence-corrected chi connectivity index (χ2v) is 5.99. The Morgan fingerprint density at radius 1 is 1.05 bits per heavy atom. The van der Waals surface area contributed by atoms with E-state index in [9.17, 15) is 4.79 Å². The van der Waals surface area contributed by atoms with Crippen molar-refractivity contribution in [1.82, 2.24) is 0 Å². The molecule has 2 rings (SSSR count). The first kappa shape index (κ1) is 14.7. The lowest BCUT2D eigenvalue weighted by atomic mass is 10.2. The van der Waals surface area contributed by atoms with E-state index in [0.717, 1.165) is 21.8 Å². The van der Waals surface area contributed by atoms with E-state index in [1.54, 1.807) is 11.8 Å². The monoisotopic (exact) mass is 286 g/mol. The van der Waals surface area contributed by atoms with Gasteiger partial charge in [-0.05, 0) is 24.1 Å². The summed E-state index contributed by atoms with van der Waals surface area (Å²) in [6, 6.07) is 15.5. The number of hydrogen-bond acceptors (Lipinski definition) is 3. The van der Waals surface area contributed by atoms with Crippen molar-refractivity contribution in [2.45, 2.75) is 23.6 Å². The van der Waals surface area contributed by atoms with E-state index in [2.05, 4.69) is 13.8 Å². The molecule has 0 aromatic heterocycles. The quantitative estimate of drug-likeness (QED) is 0.721. The lowest BCUT2D eigenvalue weighted by Crippen LogP contribution is -2.05. The smallest absolute Gasteiger partial charge is 0.151 e. The number of rotatable bonds is 6. The summed E-state index contributed by atoms with van der Waals surface area (Å²) < 4.78 is 5.84. The van der Waals surface area contributed by atoms with Crippen LogP contribution in [0.5, 0.6) is 5.75 Å². The molecule has 0 atom stereocenters. The fraction of sp³-hybridized carbons (Fsp3) is 0.235. The van der Waals surface area contributed by atoms with Crippen molar-refractivity contribution in [1.29, 1.82) is 0 Å². The Bertz CT molecular complexity index is 579. The average Bonchev–Trinajstić information content (AvgIpc) is 2.47. The molecule has 2 aromatic rings. The lowest BCUT2D eigenvalue weighted by Gasteiger charge is -2.13. The zero-order valence-corrected chi connectivity index (χ0v) is 12.5. The highest BCUT2D eigenvalue weighted by Crippen LogP contribution is 2.36. The van der Waals surface area contributed by atoms with Crippen LogP contribution in [0.25, 0.3) is 0 Å². The molecule has 0 aliphatic heterocycles. The topological polar surface area (TPSA) is 26.3 Å². The first-order valence-corrected chi connectivity index (χ1v) is 7.46. The fourth-order valence-corrected chi connectivity index (χ4v) is 2.69. The molecule has 2 nitrogen and oxygen atoms in total.